The number of aromatic nitrogens is 3. The minimum absolute atomic E-state index is 0.571. The molecule has 12 aromatic rings. The van der Waals surface area contributed by atoms with Crippen molar-refractivity contribution in [3.8, 4) is 67.9 Å². The van der Waals surface area contributed by atoms with Crippen molar-refractivity contribution in [2.45, 2.75) is 5.41 Å². The van der Waals surface area contributed by atoms with Crippen molar-refractivity contribution in [1.82, 2.24) is 14.5 Å². The highest BCUT2D eigenvalue weighted by Crippen LogP contribution is 2.57. The van der Waals surface area contributed by atoms with Gasteiger partial charge >= 0.3 is 0 Å². The van der Waals surface area contributed by atoms with E-state index in [4.69, 9.17) is 9.97 Å². The predicted octanol–water partition coefficient (Wildman–Crippen LogP) is 15.6. The molecule has 4 nitrogen and oxygen atoms in total. The Kier molecular flexibility index (Phi) is 9.09. The van der Waals surface area contributed by atoms with Crippen molar-refractivity contribution in [2.24, 2.45) is 0 Å². The summed E-state index contributed by atoms with van der Waals surface area (Å²) in [5.41, 5.74) is 17.1. The molecule has 0 aliphatic heterocycles. The minimum Gasteiger partial charge on any atom is -0.309 e. The van der Waals surface area contributed by atoms with Crippen LogP contribution in [0.4, 0.5) is 0 Å². The van der Waals surface area contributed by atoms with Gasteiger partial charge in [-0.25, -0.2) is 9.97 Å². The Labute approximate surface area is 394 Å². The number of rotatable bonds is 7. The Morgan fingerprint density at radius 1 is 0.382 bits per heavy atom. The third kappa shape index (κ3) is 6.14. The molecule has 0 fully saturated rings. The van der Waals surface area contributed by atoms with Gasteiger partial charge in [0.25, 0.3) is 0 Å². The lowest BCUT2D eigenvalue weighted by molar-refractivity contribution is 0.769. The second-order valence-corrected chi connectivity index (χ2v) is 17.6. The summed E-state index contributed by atoms with van der Waals surface area (Å²) in [4.78, 5) is 10.8. The first-order valence-electron chi connectivity index (χ1n) is 23.0. The summed E-state index contributed by atoms with van der Waals surface area (Å²) in [6.07, 6.45) is 0. The topological polar surface area (TPSA) is 54.5 Å². The van der Waals surface area contributed by atoms with E-state index in [-0.39, 0.29) is 0 Å². The largest absolute Gasteiger partial charge is 0.309 e. The van der Waals surface area contributed by atoms with Crippen LogP contribution < -0.4 is 0 Å². The van der Waals surface area contributed by atoms with Gasteiger partial charge in [-0.2, -0.15) is 5.26 Å². The Balaban J connectivity index is 1.12. The van der Waals surface area contributed by atoms with Gasteiger partial charge in [0.15, 0.2) is 5.82 Å². The number of nitriles is 1. The molecule has 1 aliphatic carbocycles. The van der Waals surface area contributed by atoms with Crippen molar-refractivity contribution >= 4 is 32.6 Å². The quantitative estimate of drug-likeness (QED) is 0.160. The zero-order chi connectivity index (χ0) is 45.2. The molecule has 0 saturated carbocycles. The van der Waals surface area contributed by atoms with Crippen LogP contribution in [0.25, 0.3) is 94.4 Å². The molecular weight excluding hydrogens is 825 g/mol. The fourth-order valence-corrected chi connectivity index (χ4v) is 10.9. The van der Waals surface area contributed by atoms with Gasteiger partial charge in [0.05, 0.1) is 39.5 Å². The lowest BCUT2D eigenvalue weighted by atomic mass is 9.67. The van der Waals surface area contributed by atoms with Gasteiger partial charge < -0.3 is 4.57 Å². The van der Waals surface area contributed by atoms with Crippen molar-refractivity contribution in [3.63, 3.8) is 0 Å². The first-order valence-corrected chi connectivity index (χ1v) is 23.0. The summed E-state index contributed by atoms with van der Waals surface area (Å²) >= 11 is 0. The van der Waals surface area contributed by atoms with Crippen LogP contribution in [-0.4, -0.2) is 14.5 Å². The van der Waals surface area contributed by atoms with Gasteiger partial charge in [-0.3, -0.25) is 0 Å². The van der Waals surface area contributed by atoms with Gasteiger partial charge in [-0.1, -0.05) is 188 Å². The Hall–Kier alpha value is -9.17. The molecule has 10 aromatic carbocycles. The maximum absolute atomic E-state index is 10.1. The zero-order valence-corrected chi connectivity index (χ0v) is 36.9. The lowest BCUT2D eigenvalue weighted by Crippen LogP contribution is -2.28. The molecule has 4 heteroatoms. The minimum atomic E-state index is -0.571. The average molecular weight is 865 g/mol. The van der Waals surface area contributed by atoms with Crippen LogP contribution in [0.3, 0.4) is 0 Å². The van der Waals surface area contributed by atoms with E-state index in [2.05, 4.69) is 229 Å². The Bertz CT molecular complexity index is 3930. The smallest absolute Gasteiger partial charge is 0.160 e. The first kappa shape index (κ1) is 39.2. The molecular formula is C64H40N4. The van der Waals surface area contributed by atoms with Crippen LogP contribution in [0.15, 0.2) is 243 Å². The molecule has 0 unspecified atom stereocenters. The second-order valence-electron chi connectivity index (χ2n) is 17.6. The van der Waals surface area contributed by atoms with Crippen molar-refractivity contribution in [1.29, 1.82) is 5.26 Å². The van der Waals surface area contributed by atoms with Crippen LogP contribution in [0.1, 0.15) is 27.8 Å². The molecule has 0 bridgehead atoms. The van der Waals surface area contributed by atoms with E-state index in [0.29, 0.717) is 11.4 Å². The number of fused-ring (bicyclic) bond motifs is 7. The maximum atomic E-state index is 10.1. The van der Waals surface area contributed by atoms with E-state index in [9.17, 15) is 5.26 Å². The summed E-state index contributed by atoms with van der Waals surface area (Å²) in [7, 11) is 0. The van der Waals surface area contributed by atoms with Crippen molar-refractivity contribution < 1.29 is 0 Å². The molecule has 0 radical (unpaired) electrons. The monoisotopic (exact) mass is 864 g/mol. The lowest BCUT2D eigenvalue weighted by Gasteiger charge is -2.34. The van der Waals surface area contributed by atoms with Gasteiger partial charge in [0.2, 0.25) is 0 Å². The third-order valence-electron chi connectivity index (χ3n) is 13.9. The van der Waals surface area contributed by atoms with E-state index in [1.807, 2.05) is 24.3 Å². The third-order valence-corrected chi connectivity index (χ3v) is 13.9. The second kappa shape index (κ2) is 15.8. The molecule has 13 rings (SSSR count). The predicted molar refractivity (Wildman–Crippen MR) is 278 cm³/mol. The summed E-state index contributed by atoms with van der Waals surface area (Å²) in [5.74, 6) is 0.609. The van der Waals surface area contributed by atoms with Crippen molar-refractivity contribution in [2.75, 3.05) is 0 Å². The van der Waals surface area contributed by atoms with Gasteiger partial charge in [0, 0.05) is 33.2 Å². The molecule has 0 N–H and O–H groups in total. The highest BCUT2D eigenvalue weighted by Gasteiger charge is 2.46. The molecule has 0 saturated heterocycles. The highest BCUT2D eigenvalue weighted by atomic mass is 15.0. The van der Waals surface area contributed by atoms with Gasteiger partial charge in [-0.05, 0) is 110 Å². The molecule has 68 heavy (non-hydrogen) atoms. The van der Waals surface area contributed by atoms with E-state index in [1.165, 1.54) is 44.2 Å². The maximum Gasteiger partial charge on any atom is 0.160 e. The molecule has 0 amide bonds. The van der Waals surface area contributed by atoms with Crippen LogP contribution in [0.5, 0.6) is 0 Å². The number of benzene rings is 10. The van der Waals surface area contributed by atoms with E-state index in [1.54, 1.807) is 0 Å². The summed E-state index contributed by atoms with van der Waals surface area (Å²) < 4.78 is 2.42. The van der Waals surface area contributed by atoms with Crippen LogP contribution in [0, 0.1) is 11.3 Å². The van der Waals surface area contributed by atoms with E-state index >= 15 is 0 Å². The number of nitrogens with zero attached hydrogens (tertiary/aromatic N) is 4. The molecule has 2 aromatic heterocycles. The SMILES string of the molecule is N#Cc1cccc(-c2cc(-c3nc(-c4ccccc4)cc(-c4cccc5ccccc45)n3)cc(-n3c4ccccc4c4cc5c(cc43)C(c3ccccc3)(c3ccccc3)c3ccccc3-5)c2)c1. The van der Waals surface area contributed by atoms with Crippen molar-refractivity contribution in [3.05, 3.63) is 270 Å². The van der Waals surface area contributed by atoms with Gasteiger partial charge in [-0.15, -0.1) is 0 Å². The zero-order valence-electron chi connectivity index (χ0n) is 36.9. The standard InChI is InChI=1S/C64H40N4/c65-41-42-18-16-23-45(34-42)46-35-47(63-66-59(44-20-4-1-5-21-44)40-60(67-63)53-31-17-22-43-19-10-11-28-51(43)53)37-50(36-46)68-61-33-15-13-30-54(61)56-38-55-52-29-12-14-32-57(52)64(58(55)39-62(56)68,48-24-6-2-7-25-48)49-26-8-3-9-27-49/h1-40H. The molecule has 0 atom stereocenters. The van der Waals surface area contributed by atoms with Crippen LogP contribution >= 0.6 is 0 Å². The van der Waals surface area contributed by atoms with E-state index in [0.717, 1.165) is 66.7 Å². The Morgan fingerprint density at radius 3 is 1.79 bits per heavy atom. The fourth-order valence-electron chi connectivity index (χ4n) is 10.9. The molecule has 0 spiro atoms. The summed E-state index contributed by atoms with van der Waals surface area (Å²) in [5, 5.41) is 14.7. The number of hydrogen-bond acceptors (Lipinski definition) is 3. The summed E-state index contributed by atoms with van der Waals surface area (Å²) in [6.45, 7) is 0. The van der Waals surface area contributed by atoms with Crippen LogP contribution in [0.2, 0.25) is 0 Å². The fraction of sp³-hybridized carbons (Fsp3) is 0.0156. The number of para-hydroxylation sites is 1. The molecule has 2 heterocycles. The highest BCUT2D eigenvalue weighted by molar-refractivity contribution is 6.12. The van der Waals surface area contributed by atoms with Crippen LogP contribution in [-0.2, 0) is 5.41 Å². The first-order chi connectivity index (χ1) is 33.7. The van der Waals surface area contributed by atoms with E-state index < -0.39 is 5.41 Å². The molecule has 1 aliphatic rings. The average Bonchev–Trinajstić information content (AvgIpc) is 3.90. The normalized spacial score (nSPS) is 12.5. The Morgan fingerprint density at radius 2 is 1.00 bits per heavy atom. The molecule has 316 valence electrons. The number of hydrogen-bond donors (Lipinski definition) is 0. The summed E-state index contributed by atoms with van der Waals surface area (Å²) in [6, 6.07) is 88.7. The van der Waals surface area contributed by atoms with Gasteiger partial charge in [0.1, 0.15) is 0 Å².